The van der Waals surface area contributed by atoms with E-state index in [1.807, 2.05) is 62.4 Å². The Morgan fingerprint density at radius 1 is 0.767 bits per heavy atom. The number of phenolic OH excluding ortho intramolecular Hbond substituents is 2. The van der Waals surface area contributed by atoms with Crippen LogP contribution < -0.4 is 5.32 Å². The topological polar surface area (TPSA) is 69.6 Å². The summed E-state index contributed by atoms with van der Waals surface area (Å²) < 4.78 is 0. The summed E-state index contributed by atoms with van der Waals surface area (Å²) in [6.07, 6.45) is 0.785. The van der Waals surface area contributed by atoms with Gasteiger partial charge in [0.2, 0.25) is 5.91 Å². The van der Waals surface area contributed by atoms with Crippen LogP contribution in [0.4, 0.5) is 5.69 Å². The van der Waals surface area contributed by atoms with Gasteiger partial charge in [0, 0.05) is 11.6 Å². The Labute approximate surface area is 177 Å². The Balaban J connectivity index is 2.11. The fraction of sp³-hybridized carbons (Fsp3) is 0.192. The molecule has 0 heterocycles. The number of carbonyl (C=O) groups excluding carboxylic acids is 1. The monoisotopic (exact) mass is 401 g/mol. The van der Waals surface area contributed by atoms with Crippen molar-refractivity contribution < 1.29 is 15.0 Å². The molecule has 3 aromatic carbocycles. The molecule has 0 aliphatic carbocycles. The molecule has 0 spiro atoms. The second-order valence-electron chi connectivity index (χ2n) is 7.52. The number of benzene rings is 3. The predicted octanol–water partition coefficient (Wildman–Crippen LogP) is 6.06. The average molecular weight is 402 g/mol. The maximum absolute atomic E-state index is 12.0. The lowest BCUT2D eigenvalue weighted by atomic mass is 9.88. The molecule has 0 aromatic heterocycles. The highest BCUT2D eigenvalue weighted by molar-refractivity contribution is 5.99. The number of hydrogen-bond donors (Lipinski definition) is 3. The zero-order chi connectivity index (χ0) is 21.7. The number of anilines is 1. The van der Waals surface area contributed by atoms with Gasteiger partial charge in [-0.1, -0.05) is 57.2 Å². The van der Waals surface area contributed by atoms with E-state index in [0.717, 1.165) is 39.9 Å². The summed E-state index contributed by atoms with van der Waals surface area (Å²) in [5, 5.41) is 22.3. The van der Waals surface area contributed by atoms with E-state index in [4.69, 9.17) is 0 Å². The summed E-state index contributed by atoms with van der Waals surface area (Å²) in [6, 6.07) is 22.1. The van der Waals surface area contributed by atoms with Gasteiger partial charge in [0.25, 0.3) is 0 Å². The third-order valence-corrected chi connectivity index (χ3v) is 4.99. The number of amides is 1. The van der Waals surface area contributed by atoms with Gasteiger partial charge in [-0.25, -0.2) is 0 Å². The van der Waals surface area contributed by atoms with Crippen molar-refractivity contribution in [1.82, 2.24) is 0 Å². The fourth-order valence-electron chi connectivity index (χ4n) is 3.34. The molecular formula is C26H27NO3. The molecule has 30 heavy (non-hydrogen) atoms. The molecule has 0 saturated carbocycles. The van der Waals surface area contributed by atoms with Gasteiger partial charge in [-0.3, -0.25) is 4.79 Å². The summed E-state index contributed by atoms with van der Waals surface area (Å²) in [6.45, 7) is 5.82. The van der Waals surface area contributed by atoms with E-state index in [1.54, 1.807) is 24.3 Å². The molecule has 0 aliphatic rings. The second-order valence-corrected chi connectivity index (χ2v) is 7.52. The first-order valence-electron chi connectivity index (χ1n) is 10.1. The zero-order valence-corrected chi connectivity index (χ0v) is 17.5. The Kier molecular flexibility index (Phi) is 6.58. The second kappa shape index (κ2) is 9.31. The van der Waals surface area contributed by atoms with Crippen molar-refractivity contribution in [3.63, 3.8) is 0 Å². The molecule has 0 atom stereocenters. The third kappa shape index (κ3) is 4.90. The van der Waals surface area contributed by atoms with Crippen LogP contribution in [0.15, 0.2) is 72.8 Å². The highest BCUT2D eigenvalue weighted by atomic mass is 16.3. The van der Waals surface area contributed by atoms with Crippen molar-refractivity contribution in [2.75, 3.05) is 5.32 Å². The van der Waals surface area contributed by atoms with Gasteiger partial charge in [0.05, 0.1) is 0 Å². The lowest BCUT2D eigenvalue weighted by molar-refractivity contribution is -0.118. The molecule has 0 fully saturated rings. The quantitative estimate of drug-likeness (QED) is 0.440. The Morgan fingerprint density at radius 3 is 1.63 bits per heavy atom. The number of phenols is 2. The molecule has 0 unspecified atom stereocenters. The molecule has 4 nitrogen and oxygen atoms in total. The fourth-order valence-corrected chi connectivity index (χ4v) is 3.34. The maximum atomic E-state index is 12.0. The minimum Gasteiger partial charge on any atom is -0.508 e. The summed E-state index contributed by atoms with van der Waals surface area (Å²) in [5.74, 6) is 0.340. The molecule has 3 rings (SSSR count). The number of carbonyl (C=O) groups is 1. The van der Waals surface area contributed by atoms with E-state index in [9.17, 15) is 15.0 Å². The van der Waals surface area contributed by atoms with Gasteiger partial charge >= 0.3 is 0 Å². The number of rotatable bonds is 6. The Hall–Kier alpha value is -3.53. The van der Waals surface area contributed by atoms with Crippen LogP contribution in [0.2, 0.25) is 0 Å². The van der Waals surface area contributed by atoms with Crippen LogP contribution >= 0.6 is 0 Å². The SMILES string of the molecule is CC/C(=C(/c1ccc(O)cc1)c1ccc(NC(=O)C(C)C)cc1)c1ccc(O)cc1. The van der Waals surface area contributed by atoms with Crippen LogP contribution in [0, 0.1) is 5.92 Å². The lowest BCUT2D eigenvalue weighted by Gasteiger charge is -2.17. The molecule has 0 aliphatic heterocycles. The summed E-state index contributed by atoms with van der Waals surface area (Å²) in [4.78, 5) is 12.0. The van der Waals surface area contributed by atoms with Crippen molar-refractivity contribution in [2.45, 2.75) is 27.2 Å². The first-order valence-corrected chi connectivity index (χ1v) is 10.1. The van der Waals surface area contributed by atoms with Crippen LogP contribution in [-0.2, 0) is 4.79 Å². The van der Waals surface area contributed by atoms with E-state index in [-0.39, 0.29) is 23.3 Å². The number of allylic oxidation sites excluding steroid dienone is 1. The first kappa shape index (κ1) is 21.2. The van der Waals surface area contributed by atoms with Crippen molar-refractivity contribution in [1.29, 1.82) is 0 Å². The number of nitrogens with one attached hydrogen (secondary N) is 1. The van der Waals surface area contributed by atoms with Gasteiger partial charge in [0.1, 0.15) is 11.5 Å². The molecule has 0 bridgehead atoms. The van der Waals surface area contributed by atoms with Gasteiger partial charge in [-0.05, 0) is 70.7 Å². The van der Waals surface area contributed by atoms with Crippen LogP contribution in [0.3, 0.4) is 0 Å². The Morgan fingerprint density at radius 2 is 1.20 bits per heavy atom. The predicted molar refractivity (Wildman–Crippen MR) is 122 cm³/mol. The average Bonchev–Trinajstić information content (AvgIpc) is 2.74. The van der Waals surface area contributed by atoms with E-state index >= 15 is 0 Å². The van der Waals surface area contributed by atoms with Crippen molar-refractivity contribution in [2.24, 2.45) is 5.92 Å². The van der Waals surface area contributed by atoms with Gasteiger partial charge < -0.3 is 15.5 Å². The van der Waals surface area contributed by atoms with E-state index < -0.39 is 0 Å². The smallest absolute Gasteiger partial charge is 0.226 e. The summed E-state index contributed by atoms with van der Waals surface area (Å²) in [5.41, 5.74) is 5.94. The third-order valence-electron chi connectivity index (χ3n) is 4.99. The van der Waals surface area contributed by atoms with Gasteiger partial charge in [-0.15, -0.1) is 0 Å². The van der Waals surface area contributed by atoms with Crippen molar-refractivity contribution in [3.05, 3.63) is 89.5 Å². The number of hydrogen-bond acceptors (Lipinski definition) is 3. The van der Waals surface area contributed by atoms with E-state index in [2.05, 4.69) is 12.2 Å². The summed E-state index contributed by atoms with van der Waals surface area (Å²) >= 11 is 0. The van der Waals surface area contributed by atoms with Crippen LogP contribution in [0.25, 0.3) is 11.1 Å². The standard InChI is InChI=1S/C26H27NO3/c1-4-24(18-7-13-22(28)14-8-18)25(20-9-15-23(29)16-10-20)19-5-11-21(12-6-19)27-26(30)17(2)3/h5-17,28-29H,4H2,1-3H3,(H,27,30)/b25-24-. The minimum absolute atomic E-state index is 0.0182. The normalized spacial score (nSPS) is 11.9. The molecule has 0 saturated heterocycles. The van der Waals surface area contributed by atoms with Crippen LogP contribution in [-0.4, -0.2) is 16.1 Å². The highest BCUT2D eigenvalue weighted by Gasteiger charge is 2.14. The van der Waals surface area contributed by atoms with Gasteiger partial charge in [-0.2, -0.15) is 0 Å². The summed E-state index contributed by atoms with van der Waals surface area (Å²) in [7, 11) is 0. The van der Waals surface area contributed by atoms with Crippen LogP contribution in [0.1, 0.15) is 43.9 Å². The van der Waals surface area contributed by atoms with Gasteiger partial charge in [0.15, 0.2) is 0 Å². The molecule has 0 radical (unpaired) electrons. The van der Waals surface area contributed by atoms with Crippen LogP contribution in [0.5, 0.6) is 11.5 Å². The number of aromatic hydroxyl groups is 2. The zero-order valence-electron chi connectivity index (χ0n) is 17.5. The lowest BCUT2D eigenvalue weighted by Crippen LogP contribution is -2.17. The Bertz CT molecular complexity index is 1030. The van der Waals surface area contributed by atoms with E-state index in [1.165, 1.54) is 0 Å². The largest absolute Gasteiger partial charge is 0.508 e. The molecule has 4 heteroatoms. The molecule has 3 N–H and O–H groups in total. The van der Waals surface area contributed by atoms with Crippen molar-refractivity contribution >= 4 is 22.7 Å². The molecular weight excluding hydrogens is 374 g/mol. The van der Waals surface area contributed by atoms with E-state index in [0.29, 0.717) is 0 Å². The molecule has 3 aromatic rings. The highest BCUT2D eigenvalue weighted by Crippen LogP contribution is 2.35. The maximum Gasteiger partial charge on any atom is 0.226 e. The molecule has 1 amide bonds. The van der Waals surface area contributed by atoms with Crippen molar-refractivity contribution in [3.8, 4) is 11.5 Å². The first-order chi connectivity index (χ1) is 14.4. The minimum atomic E-state index is -0.0849. The molecule has 154 valence electrons.